The van der Waals surface area contributed by atoms with Gasteiger partial charge in [0, 0.05) is 6.42 Å². The van der Waals surface area contributed by atoms with E-state index >= 15 is 0 Å². The Bertz CT molecular complexity index is 1460. The highest BCUT2D eigenvalue weighted by atomic mass is 16.6. The van der Waals surface area contributed by atoms with Crippen LogP contribution in [0.25, 0.3) is 11.1 Å². The van der Waals surface area contributed by atoms with Crippen LogP contribution in [0, 0.1) is 6.92 Å². The summed E-state index contributed by atoms with van der Waals surface area (Å²) in [6, 6.07) is 17.7. The molecule has 5 rings (SSSR count). The van der Waals surface area contributed by atoms with E-state index < -0.39 is 23.2 Å². The van der Waals surface area contributed by atoms with Crippen molar-refractivity contribution in [2.75, 3.05) is 13.2 Å². The molecule has 3 aromatic rings. The number of hydrogen-bond acceptors (Lipinski definition) is 6. The monoisotopic (exact) mass is 545 g/mol. The predicted octanol–water partition coefficient (Wildman–Crippen LogP) is 6.15. The number of aliphatic carboxylic acids is 1. The Balaban J connectivity index is 1.35. The second-order valence-corrected chi connectivity index (χ2v) is 11.5. The molecule has 40 heavy (non-hydrogen) atoms. The first-order chi connectivity index (χ1) is 18.9. The molecule has 0 saturated carbocycles. The molecular formula is C32H35NO7. The average Bonchev–Trinajstić information content (AvgIpc) is 2.91. The first-order valence-corrected chi connectivity index (χ1v) is 13.4. The number of ether oxygens (including phenoxy) is 4. The summed E-state index contributed by atoms with van der Waals surface area (Å²) in [5, 5.41) is 10.0. The highest BCUT2D eigenvalue weighted by molar-refractivity contribution is 5.85. The number of carbonyl (C=O) groups excluding carboxylic acids is 1. The molecule has 2 heterocycles. The van der Waals surface area contributed by atoms with Gasteiger partial charge in [0.1, 0.15) is 36.7 Å². The summed E-state index contributed by atoms with van der Waals surface area (Å²) >= 11 is 0. The van der Waals surface area contributed by atoms with Crippen molar-refractivity contribution < 1.29 is 33.6 Å². The van der Waals surface area contributed by atoms with E-state index in [1.54, 1.807) is 27.7 Å². The lowest BCUT2D eigenvalue weighted by Gasteiger charge is -2.42. The second-order valence-electron chi connectivity index (χ2n) is 11.5. The standard InChI is InChI=1S/C32H35NO7/c1-20-23(7-6-8-26(20)21-10-12-27-28(16-21)38-14-13-37-27)19-39-25-11-9-22-17-32(5,29(34)35)33(18-24(22)15-25)30(36)40-31(2,3)4/h6-12,15-16H,13-14,17-19H2,1-5H3,(H,34,35)/t32-/m0/s1. The molecule has 1 atom stereocenters. The van der Waals surface area contributed by atoms with Crippen molar-refractivity contribution in [2.45, 2.75) is 65.3 Å². The molecule has 0 fully saturated rings. The van der Waals surface area contributed by atoms with Gasteiger partial charge in [0.25, 0.3) is 0 Å². The summed E-state index contributed by atoms with van der Waals surface area (Å²) < 4.78 is 23.2. The largest absolute Gasteiger partial charge is 0.489 e. The van der Waals surface area contributed by atoms with E-state index in [0.29, 0.717) is 25.6 Å². The van der Waals surface area contributed by atoms with Crippen LogP contribution in [0.3, 0.4) is 0 Å². The summed E-state index contributed by atoms with van der Waals surface area (Å²) in [6.45, 7) is 10.5. The Morgan fingerprint density at radius 3 is 2.48 bits per heavy atom. The molecule has 0 bridgehead atoms. The fourth-order valence-corrected chi connectivity index (χ4v) is 5.12. The number of rotatable bonds is 5. The summed E-state index contributed by atoms with van der Waals surface area (Å²) in [5.74, 6) is 1.08. The number of hydrogen-bond donors (Lipinski definition) is 1. The normalized spacial score (nSPS) is 18.1. The summed E-state index contributed by atoms with van der Waals surface area (Å²) in [4.78, 5) is 26.5. The first kappa shape index (κ1) is 27.4. The van der Waals surface area contributed by atoms with Crippen LogP contribution in [0.4, 0.5) is 4.79 Å². The number of carboxylic acids is 1. The molecule has 210 valence electrons. The van der Waals surface area contributed by atoms with Gasteiger partial charge in [-0.15, -0.1) is 0 Å². The van der Waals surface area contributed by atoms with Crippen LogP contribution in [0.15, 0.2) is 54.6 Å². The van der Waals surface area contributed by atoms with E-state index in [4.69, 9.17) is 18.9 Å². The Morgan fingerprint density at radius 2 is 1.75 bits per heavy atom. The molecule has 2 aliphatic rings. The van der Waals surface area contributed by atoms with Crippen molar-refractivity contribution in [1.29, 1.82) is 0 Å². The van der Waals surface area contributed by atoms with Gasteiger partial charge < -0.3 is 24.1 Å². The minimum Gasteiger partial charge on any atom is -0.489 e. The maximum absolute atomic E-state index is 13.0. The van der Waals surface area contributed by atoms with Crippen LogP contribution in [0.5, 0.6) is 17.2 Å². The SMILES string of the molecule is Cc1c(COc2ccc3c(c2)CN(C(=O)OC(C)(C)C)[C@](C)(C(=O)O)C3)cccc1-c1ccc2c(c1)OCCO2. The van der Waals surface area contributed by atoms with Crippen LogP contribution in [-0.4, -0.2) is 46.4 Å². The van der Waals surface area contributed by atoms with Crippen LogP contribution in [-0.2, 0) is 29.1 Å². The molecular weight excluding hydrogens is 510 g/mol. The lowest BCUT2D eigenvalue weighted by Crippen LogP contribution is -2.59. The van der Waals surface area contributed by atoms with Gasteiger partial charge in [0.05, 0.1) is 6.54 Å². The van der Waals surface area contributed by atoms with Crippen molar-refractivity contribution in [3.05, 3.63) is 76.9 Å². The molecule has 8 nitrogen and oxygen atoms in total. The Kier molecular flexibility index (Phi) is 7.12. The van der Waals surface area contributed by atoms with E-state index in [-0.39, 0.29) is 13.0 Å². The van der Waals surface area contributed by atoms with Gasteiger partial charge in [-0.2, -0.15) is 0 Å². The van der Waals surface area contributed by atoms with E-state index in [9.17, 15) is 14.7 Å². The topological polar surface area (TPSA) is 94.5 Å². The van der Waals surface area contributed by atoms with Crippen molar-refractivity contribution in [3.8, 4) is 28.4 Å². The van der Waals surface area contributed by atoms with E-state index in [1.807, 2.05) is 48.5 Å². The maximum Gasteiger partial charge on any atom is 0.411 e. The third-order valence-corrected chi connectivity index (χ3v) is 7.40. The number of benzene rings is 3. The fourth-order valence-electron chi connectivity index (χ4n) is 5.12. The number of nitrogens with zero attached hydrogens (tertiary/aromatic N) is 1. The molecule has 1 amide bonds. The molecule has 0 saturated heterocycles. The van der Waals surface area contributed by atoms with Gasteiger partial charge in [0.15, 0.2) is 11.5 Å². The van der Waals surface area contributed by atoms with Gasteiger partial charge in [-0.25, -0.2) is 9.59 Å². The van der Waals surface area contributed by atoms with Crippen LogP contribution in [0.1, 0.15) is 49.9 Å². The van der Waals surface area contributed by atoms with Gasteiger partial charge in [-0.05, 0) is 92.3 Å². The molecule has 0 unspecified atom stereocenters. The van der Waals surface area contributed by atoms with E-state index in [0.717, 1.165) is 44.9 Å². The lowest BCUT2D eigenvalue weighted by atomic mass is 9.84. The van der Waals surface area contributed by atoms with Crippen LogP contribution in [0.2, 0.25) is 0 Å². The molecule has 0 aromatic heterocycles. The Hall–Kier alpha value is -4.20. The second kappa shape index (κ2) is 10.4. The smallest absolute Gasteiger partial charge is 0.411 e. The number of carboxylic acid groups (broad SMARTS) is 1. The lowest BCUT2D eigenvalue weighted by molar-refractivity contribution is -0.151. The molecule has 0 radical (unpaired) electrons. The zero-order valence-electron chi connectivity index (χ0n) is 23.6. The molecule has 8 heteroatoms. The highest BCUT2D eigenvalue weighted by Crippen LogP contribution is 2.37. The Morgan fingerprint density at radius 1 is 1.00 bits per heavy atom. The predicted molar refractivity (Wildman–Crippen MR) is 150 cm³/mol. The van der Waals surface area contributed by atoms with Gasteiger partial charge in [0.2, 0.25) is 0 Å². The van der Waals surface area contributed by atoms with Crippen LogP contribution < -0.4 is 14.2 Å². The zero-order chi connectivity index (χ0) is 28.7. The maximum atomic E-state index is 13.0. The van der Waals surface area contributed by atoms with E-state index in [2.05, 4.69) is 13.0 Å². The Labute approximate surface area is 234 Å². The molecule has 2 aliphatic heterocycles. The average molecular weight is 546 g/mol. The van der Waals surface area contributed by atoms with Gasteiger partial charge in [-0.3, -0.25) is 4.90 Å². The van der Waals surface area contributed by atoms with Gasteiger partial charge >= 0.3 is 12.1 Å². The number of carbonyl (C=O) groups is 2. The number of fused-ring (bicyclic) bond motifs is 2. The van der Waals surface area contributed by atoms with Crippen molar-refractivity contribution in [3.63, 3.8) is 0 Å². The van der Waals surface area contributed by atoms with Gasteiger partial charge in [-0.1, -0.05) is 30.3 Å². The van der Waals surface area contributed by atoms with E-state index in [1.165, 1.54) is 4.90 Å². The fraction of sp³-hybridized carbons (Fsp3) is 0.375. The van der Waals surface area contributed by atoms with Crippen molar-refractivity contribution in [1.82, 2.24) is 4.90 Å². The minimum atomic E-state index is -1.41. The summed E-state index contributed by atoms with van der Waals surface area (Å²) in [5.41, 5.74) is 3.82. The third-order valence-electron chi connectivity index (χ3n) is 7.40. The molecule has 1 N–H and O–H groups in total. The first-order valence-electron chi connectivity index (χ1n) is 13.4. The number of amides is 1. The minimum absolute atomic E-state index is 0.114. The molecule has 3 aromatic carbocycles. The quantitative estimate of drug-likeness (QED) is 0.411. The summed E-state index contributed by atoms with van der Waals surface area (Å²) in [6.07, 6.45) is -0.477. The van der Waals surface area contributed by atoms with Crippen LogP contribution >= 0.6 is 0 Å². The third kappa shape index (κ3) is 5.43. The van der Waals surface area contributed by atoms with Crippen molar-refractivity contribution >= 4 is 12.1 Å². The highest BCUT2D eigenvalue weighted by Gasteiger charge is 2.47. The summed E-state index contributed by atoms with van der Waals surface area (Å²) in [7, 11) is 0. The molecule has 0 aliphatic carbocycles. The molecule has 0 spiro atoms. The zero-order valence-corrected chi connectivity index (χ0v) is 23.6. The van der Waals surface area contributed by atoms with Crippen molar-refractivity contribution in [2.24, 2.45) is 0 Å².